The van der Waals surface area contributed by atoms with Gasteiger partial charge in [-0.3, -0.25) is 4.79 Å². The van der Waals surface area contributed by atoms with Crippen molar-refractivity contribution in [3.63, 3.8) is 0 Å². The monoisotopic (exact) mass is 415 g/mol. The smallest absolute Gasteiger partial charge is 0.330 e. The lowest BCUT2D eigenvalue weighted by Crippen LogP contribution is -2.55. The minimum absolute atomic E-state index is 0.274. The van der Waals surface area contributed by atoms with Gasteiger partial charge in [0, 0.05) is 24.8 Å². The van der Waals surface area contributed by atoms with E-state index in [0.29, 0.717) is 17.7 Å². The Kier molecular flexibility index (Phi) is 5.51. The van der Waals surface area contributed by atoms with E-state index in [9.17, 15) is 14.7 Å². The number of aliphatic carboxylic acids is 1. The topological polar surface area (TPSA) is 75.6 Å². The summed E-state index contributed by atoms with van der Waals surface area (Å²) < 4.78 is 5.49. The molecule has 1 aliphatic carbocycles. The van der Waals surface area contributed by atoms with Crippen LogP contribution in [-0.2, 0) is 24.1 Å². The van der Waals surface area contributed by atoms with Crippen LogP contribution in [0.4, 0.5) is 0 Å². The Morgan fingerprint density at radius 1 is 1.00 bits per heavy atom. The van der Waals surface area contributed by atoms with Crippen molar-refractivity contribution in [2.45, 2.75) is 31.7 Å². The summed E-state index contributed by atoms with van der Waals surface area (Å²) in [6.07, 6.45) is 1.16. The number of fused-ring (bicyclic) bond motifs is 1. The molecule has 4 rings (SSSR count). The molecule has 0 saturated heterocycles. The molecule has 2 N–H and O–H groups in total. The number of rotatable bonds is 6. The van der Waals surface area contributed by atoms with Crippen molar-refractivity contribution < 1.29 is 19.4 Å². The molecule has 0 atom stereocenters. The van der Waals surface area contributed by atoms with Crippen LogP contribution in [0.3, 0.4) is 0 Å². The van der Waals surface area contributed by atoms with Crippen LogP contribution in [-0.4, -0.2) is 29.6 Å². The molecule has 0 radical (unpaired) electrons. The Bertz CT molecular complexity index is 1130. The maximum atomic E-state index is 13.1. The van der Waals surface area contributed by atoms with Crippen molar-refractivity contribution in [1.82, 2.24) is 5.32 Å². The number of hydrogen-bond acceptors (Lipinski definition) is 3. The van der Waals surface area contributed by atoms with Crippen molar-refractivity contribution in [3.8, 4) is 5.75 Å². The zero-order valence-corrected chi connectivity index (χ0v) is 17.6. The average Bonchev–Trinajstić information content (AvgIpc) is 3.13. The molecule has 3 aromatic rings. The highest BCUT2D eigenvalue weighted by molar-refractivity contribution is 5.98. The first-order chi connectivity index (χ1) is 14.9. The van der Waals surface area contributed by atoms with Crippen molar-refractivity contribution in [2.24, 2.45) is 0 Å². The van der Waals surface area contributed by atoms with Gasteiger partial charge in [0.15, 0.2) is 0 Å². The van der Waals surface area contributed by atoms with Crippen LogP contribution in [0.5, 0.6) is 5.75 Å². The maximum absolute atomic E-state index is 13.1. The number of aryl methyl sites for hydroxylation is 1. The van der Waals surface area contributed by atoms with E-state index in [4.69, 9.17) is 4.74 Å². The van der Waals surface area contributed by atoms with E-state index in [1.807, 2.05) is 49.4 Å². The highest BCUT2D eigenvalue weighted by Gasteiger charge is 2.45. The minimum Gasteiger partial charge on any atom is -0.496 e. The molecule has 5 heteroatoms. The molecule has 0 spiro atoms. The van der Waals surface area contributed by atoms with E-state index in [-0.39, 0.29) is 12.8 Å². The number of ether oxygens (including phenoxy) is 1. The summed E-state index contributed by atoms with van der Waals surface area (Å²) in [5, 5.41) is 12.8. The molecule has 0 unspecified atom stereocenters. The first-order valence-corrected chi connectivity index (χ1v) is 10.3. The second kappa shape index (κ2) is 8.26. The molecule has 31 heavy (non-hydrogen) atoms. The van der Waals surface area contributed by atoms with Crippen molar-refractivity contribution >= 4 is 11.9 Å². The third-order valence-electron chi connectivity index (χ3n) is 5.88. The van der Waals surface area contributed by atoms with Crippen LogP contribution in [0, 0.1) is 6.92 Å². The standard InChI is InChI=1S/C26H25NO4/c1-17-6-5-7-18(12-17)13-22-14-19(10-11-23(22)31-2)24(28)27-26(25(29)30)15-20-8-3-4-9-21(20)16-26/h3-12,14H,13,15-16H2,1-2H3,(H,27,28)(H,29,30). The molecule has 3 aromatic carbocycles. The Hall–Kier alpha value is -3.60. The molecule has 5 nitrogen and oxygen atoms in total. The predicted octanol–water partition coefficient (Wildman–Crippen LogP) is 3.95. The molecule has 0 aliphatic heterocycles. The largest absolute Gasteiger partial charge is 0.496 e. The number of nitrogens with one attached hydrogen (secondary N) is 1. The normalized spacial score (nSPS) is 14.0. The second-order valence-corrected chi connectivity index (χ2v) is 8.16. The van der Waals surface area contributed by atoms with Crippen molar-refractivity contribution in [1.29, 1.82) is 0 Å². The highest BCUT2D eigenvalue weighted by Crippen LogP contribution is 2.31. The van der Waals surface area contributed by atoms with Crippen LogP contribution in [0.15, 0.2) is 66.7 Å². The van der Waals surface area contributed by atoms with Crippen molar-refractivity contribution in [3.05, 3.63) is 100 Å². The number of carbonyl (C=O) groups is 2. The number of amides is 1. The van der Waals surface area contributed by atoms with E-state index in [2.05, 4.69) is 11.4 Å². The summed E-state index contributed by atoms with van der Waals surface area (Å²) in [7, 11) is 1.60. The zero-order valence-electron chi connectivity index (χ0n) is 17.6. The number of benzene rings is 3. The summed E-state index contributed by atoms with van der Waals surface area (Å²) in [5.41, 5.74) is 4.15. The van der Waals surface area contributed by atoms with Gasteiger partial charge in [-0.1, -0.05) is 54.1 Å². The SMILES string of the molecule is COc1ccc(C(=O)NC2(C(=O)O)Cc3ccccc3C2)cc1Cc1cccc(C)c1. The van der Waals surface area contributed by atoms with Gasteiger partial charge in [-0.05, 0) is 47.4 Å². The summed E-state index contributed by atoms with van der Waals surface area (Å²) in [6.45, 7) is 2.04. The Labute approximate surface area is 181 Å². The lowest BCUT2D eigenvalue weighted by Gasteiger charge is -2.25. The van der Waals surface area contributed by atoms with Gasteiger partial charge in [-0.15, -0.1) is 0 Å². The number of carbonyl (C=O) groups excluding carboxylic acids is 1. The highest BCUT2D eigenvalue weighted by atomic mass is 16.5. The molecular weight excluding hydrogens is 390 g/mol. The fourth-order valence-electron chi connectivity index (χ4n) is 4.30. The van der Waals surface area contributed by atoms with E-state index in [1.54, 1.807) is 25.3 Å². The van der Waals surface area contributed by atoms with E-state index in [1.165, 1.54) is 0 Å². The van der Waals surface area contributed by atoms with Crippen LogP contribution in [0.25, 0.3) is 0 Å². The van der Waals surface area contributed by atoms with Crippen LogP contribution >= 0.6 is 0 Å². The fourth-order valence-corrected chi connectivity index (χ4v) is 4.30. The van der Waals surface area contributed by atoms with Gasteiger partial charge in [-0.2, -0.15) is 0 Å². The molecule has 0 fully saturated rings. The van der Waals surface area contributed by atoms with E-state index >= 15 is 0 Å². The summed E-state index contributed by atoms with van der Waals surface area (Å²) in [4.78, 5) is 25.3. The van der Waals surface area contributed by atoms with E-state index in [0.717, 1.165) is 27.8 Å². The molecule has 158 valence electrons. The van der Waals surface area contributed by atoms with E-state index < -0.39 is 17.4 Å². The summed E-state index contributed by atoms with van der Waals surface area (Å²) >= 11 is 0. The molecule has 0 heterocycles. The Morgan fingerprint density at radius 3 is 2.32 bits per heavy atom. The van der Waals surface area contributed by atoms with Gasteiger partial charge < -0.3 is 15.2 Å². The lowest BCUT2D eigenvalue weighted by molar-refractivity contribution is -0.144. The minimum atomic E-state index is -1.34. The Balaban J connectivity index is 1.60. The molecule has 1 amide bonds. The third-order valence-corrected chi connectivity index (χ3v) is 5.88. The lowest BCUT2D eigenvalue weighted by atomic mass is 9.94. The molecule has 0 bridgehead atoms. The van der Waals surface area contributed by atoms with Crippen LogP contribution in [0.2, 0.25) is 0 Å². The average molecular weight is 415 g/mol. The van der Waals surface area contributed by atoms with Gasteiger partial charge in [0.25, 0.3) is 5.91 Å². The number of carboxylic acid groups (broad SMARTS) is 1. The Morgan fingerprint density at radius 2 is 1.71 bits per heavy atom. The van der Waals surface area contributed by atoms with Crippen LogP contribution in [0.1, 0.15) is 38.2 Å². The van der Waals surface area contributed by atoms with Gasteiger partial charge >= 0.3 is 5.97 Å². The number of carboxylic acids is 1. The second-order valence-electron chi connectivity index (χ2n) is 8.16. The first kappa shape index (κ1) is 20.7. The van der Waals surface area contributed by atoms with Gasteiger partial charge in [-0.25, -0.2) is 4.79 Å². The quantitative estimate of drug-likeness (QED) is 0.639. The van der Waals surface area contributed by atoms with Gasteiger partial charge in [0.1, 0.15) is 11.3 Å². The van der Waals surface area contributed by atoms with Gasteiger partial charge in [0.2, 0.25) is 0 Å². The predicted molar refractivity (Wildman–Crippen MR) is 119 cm³/mol. The van der Waals surface area contributed by atoms with Gasteiger partial charge in [0.05, 0.1) is 7.11 Å². The summed E-state index contributed by atoms with van der Waals surface area (Å²) in [5.74, 6) is -0.729. The molecule has 0 saturated carbocycles. The molecule has 1 aliphatic rings. The maximum Gasteiger partial charge on any atom is 0.330 e. The molecule has 0 aromatic heterocycles. The first-order valence-electron chi connectivity index (χ1n) is 10.3. The van der Waals surface area contributed by atoms with Crippen LogP contribution < -0.4 is 10.1 Å². The number of methoxy groups -OCH3 is 1. The zero-order chi connectivity index (χ0) is 22.0. The molecular formula is C26H25NO4. The number of hydrogen-bond donors (Lipinski definition) is 2. The third kappa shape index (κ3) is 4.17. The van der Waals surface area contributed by atoms with Crippen molar-refractivity contribution in [2.75, 3.05) is 7.11 Å². The fraction of sp³-hybridized carbons (Fsp3) is 0.231. The summed E-state index contributed by atoms with van der Waals surface area (Å²) in [6, 6.07) is 21.0.